The second-order valence-corrected chi connectivity index (χ2v) is 3.17. The van der Waals surface area contributed by atoms with Crippen molar-refractivity contribution in [1.29, 1.82) is 0 Å². The van der Waals surface area contributed by atoms with Crippen molar-refractivity contribution < 1.29 is 9.53 Å². The summed E-state index contributed by atoms with van der Waals surface area (Å²) < 4.78 is 6.33. The molecule has 0 atom stereocenters. The van der Waals surface area contributed by atoms with E-state index in [1.807, 2.05) is 6.92 Å². The van der Waals surface area contributed by atoms with Gasteiger partial charge in [0.15, 0.2) is 0 Å². The lowest BCUT2D eigenvalue weighted by Crippen LogP contribution is -2.13. The fourth-order valence-corrected chi connectivity index (χ4v) is 1.12. The van der Waals surface area contributed by atoms with E-state index < -0.39 is 0 Å². The van der Waals surface area contributed by atoms with Crippen molar-refractivity contribution in [1.82, 2.24) is 9.78 Å². The van der Waals surface area contributed by atoms with E-state index in [1.54, 1.807) is 26.4 Å². The zero-order valence-corrected chi connectivity index (χ0v) is 9.73. The quantitative estimate of drug-likeness (QED) is 0.469. The Morgan fingerprint density at radius 3 is 3.06 bits per heavy atom. The minimum Gasteiger partial charge on any atom is -0.465 e. The van der Waals surface area contributed by atoms with E-state index in [-0.39, 0.29) is 12.5 Å². The zero-order chi connectivity index (χ0) is 12.0. The average Bonchev–Trinajstić information content (AvgIpc) is 2.65. The minimum atomic E-state index is -0.293. The molecule has 1 aromatic heterocycles. The summed E-state index contributed by atoms with van der Waals surface area (Å²) in [6.45, 7) is 4.13. The standard InChI is InChI=1S/C10H16N4O2/c1-4-16-10(15)7-14-6-9(5-12-14)13-8(2)11-3/h5-6H,4,7H2,1-3H3,(H,11,13). The Bertz CT molecular complexity index is 384. The molecule has 0 fully saturated rings. The predicted molar refractivity (Wildman–Crippen MR) is 61.5 cm³/mol. The van der Waals surface area contributed by atoms with Crippen molar-refractivity contribution in [2.75, 3.05) is 19.0 Å². The van der Waals surface area contributed by atoms with Crippen LogP contribution in [0.3, 0.4) is 0 Å². The van der Waals surface area contributed by atoms with Crippen LogP contribution in [-0.2, 0) is 16.1 Å². The normalized spacial score (nSPS) is 11.3. The Kier molecular flexibility index (Phi) is 4.50. The highest BCUT2D eigenvalue weighted by molar-refractivity contribution is 5.93. The molecule has 1 N–H and O–H groups in total. The Labute approximate surface area is 94.3 Å². The largest absolute Gasteiger partial charge is 0.465 e. The van der Waals surface area contributed by atoms with Gasteiger partial charge in [0.25, 0.3) is 0 Å². The summed E-state index contributed by atoms with van der Waals surface area (Å²) in [6.07, 6.45) is 3.36. The molecule has 0 aromatic carbocycles. The first kappa shape index (κ1) is 12.2. The summed E-state index contributed by atoms with van der Waals surface area (Å²) in [6, 6.07) is 0. The van der Waals surface area contributed by atoms with Gasteiger partial charge in [-0.1, -0.05) is 0 Å². The first-order valence-electron chi connectivity index (χ1n) is 5.04. The van der Waals surface area contributed by atoms with Gasteiger partial charge in [0.2, 0.25) is 0 Å². The molecule has 0 spiro atoms. The number of anilines is 1. The average molecular weight is 224 g/mol. The van der Waals surface area contributed by atoms with Gasteiger partial charge < -0.3 is 10.1 Å². The number of hydrogen-bond acceptors (Lipinski definition) is 4. The molecule has 0 amide bonds. The van der Waals surface area contributed by atoms with E-state index >= 15 is 0 Å². The zero-order valence-electron chi connectivity index (χ0n) is 9.73. The topological polar surface area (TPSA) is 68.5 Å². The van der Waals surface area contributed by atoms with Crippen LogP contribution in [-0.4, -0.2) is 35.2 Å². The molecule has 6 heteroatoms. The van der Waals surface area contributed by atoms with Crippen LogP contribution >= 0.6 is 0 Å². The molecule has 0 bridgehead atoms. The number of aromatic nitrogens is 2. The van der Waals surface area contributed by atoms with Crippen LogP contribution in [0.2, 0.25) is 0 Å². The van der Waals surface area contributed by atoms with Crippen LogP contribution in [0.4, 0.5) is 5.69 Å². The third kappa shape index (κ3) is 3.72. The van der Waals surface area contributed by atoms with Crippen molar-refractivity contribution in [2.45, 2.75) is 20.4 Å². The van der Waals surface area contributed by atoms with Crippen molar-refractivity contribution >= 4 is 17.5 Å². The highest BCUT2D eigenvalue weighted by Crippen LogP contribution is 2.04. The Balaban J connectivity index is 2.54. The molecule has 1 rings (SSSR count). The number of amidine groups is 1. The van der Waals surface area contributed by atoms with Gasteiger partial charge in [-0.25, -0.2) is 0 Å². The number of carbonyl (C=O) groups is 1. The summed E-state index contributed by atoms with van der Waals surface area (Å²) in [4.78, 5) is 15.1. The molecule has 0 aliphatic carbocycles. The number of ether oxygens (including phenoxy) is 1. The van der Waals surface area contributed by atoms with E-state index in [9.17, 15) is 4.79 Å². The summed E-state index contributed by atoms with van der Waals surface area (Å²) in [5.74, 6) is 0.494. The number of rotatable bonds is 4. The van der Waals surface area contributed by atoms with Gasteiger partial charge in [-0.15, -0.1) is 0 Å². The lowest BCUT2D eigenvalue weighted by atomic mass is 10.5. The molecule has 0 aliphatic heterocycles. The molecule has 6 nitrogen and oxygen atoms in total. The fraction of sp³-hybridized carbons (Fsp3) is 0.500. The second-order valence-electron chi connectivity index (χ2n) is 3.17. The lowest BCUT2D eigenvalue weighted by Gasteiger charge is -2.01. The van der Waals surface area contributed by atoms with Gasteiger partial charge >= 0.3 is 5.97 Å². The third-order valence-electron chi connectivity index (χ3n) is 1.89. The molecule has 1 aromatic rings. The van der Waals surface area contributed by atoms with Gasteiger partial charge in [-0.3, -0.25) is 14.5 Å². The summed E-state index contributed by atoms with van der Waals surface area (Å²) >= 11 is 0. The van der Waals surface area contributed by atoms with Gasteiger partial charge in [0.1, 0.15) is 6.54 Å². The Morgan fingerprint density at radius 2 is 2.44 bits per heavy atom. The molecular weight excluding hydrogens is 208 g/mol. The molecule has 0 unspecified atom stereocenters. The van der Waals surface area contributed by atoms with Gasteiger partial charge in [-0.2, -0.15) is 5.10 Å². The van der Waals surface area contributed by atoms with E-state index in [0.717, 1.165) is 11.5 Å². The van der Waals surface area contributed by atoms with Crippen LogP contribution in [0.5, 0.6) is 0 Å². The second kappa shape index (κ2) is 5.89. The Morgan fingerprint density at radius 1 is 1.69 bits per heavy atom. The summed E-state index contributed by atoms with van der Waals surface area (Å²) in [5.41, 5.74) is 0.799. The van der Waals surface area contributed by atoms with E-state index in [0.29, 0.717) is 6.61 Å². The molecule has 16 heavy (non-hydrogen) atoms. The lowest BCUT2D eigenvalue weighted by molar-refractivity contribution is -0.144. The highest BCUT2D eigenvalue weighted by Gasteiger charge is 2.05. The third-order valence-corrected chi connectivity index (χ3v) is 1.89. The Hall–Kier alpha value is -1.85. The molecule has 1 heterocycles. The number of hydrogen-bond donors (Lipinski definition) is 1. The fourth-order valence-electron chi connectivity index (χ4n) is 1.12. The summed E-state index contributed by atoms with van der Waals surface area (Å²) in [7, 11) is 1.70. The molecular formula is C10H16N4O2. The first-order chi connectivity index (χ1) is 7.65. The number of nitrogens with zero attached hydrogens (tertiary/aromatic N) is 3. The van der Waals surface area contributed by atoms with Crippen LogP contribution in [0.15, 0.2) is 17.4 Å². The van der Waals surface area contributed by atoms with Crippen molar-refractivity contribution in [2.24, 2.45) is 4.99 Å². The van der Waals surface area contributed by atoms with E-state index in [4.69, 9.17) is 4.74 Å². The number of nitrogens with one attached hydrogen (secondary N) is 1. The van der Waals surface area contributed by atoms with E-state index in [1.165, 1.54) is 4.68 Å². The maximum atomic E-state index is 11.2. The summed E-state index contributed by atoms with van der Waals surface area (Å²) in [5, 5.41) is 7.06. The molecule has 0 saturated heterocycles. The number of esters is 1. The number of aliphatic imine (C=N–C) groups is 1. The van der Waals surface area contributed by atoms with Crippen molar-refractivity contribution in [3.8, 4) is 0 Å². The molecule has 0 aliphatic rings. The molecule has 0 radical (unpaired) electrons. The first-order valence-corrected chi connectivity index (χ1v) is 5.04. The maximum Gasteiger partial charge on any atom is 0.327 e. The molecule has 88 valence electrons. The van der Waals surface area contributed by atoms with Gasteiger partial charge in [-0.05, 0) is 13.8 Å². The van der Waals surface area contributed by atoms with Crippen LogP contribution in [0.25, 0.3) is 0 Å². The predicted octanol–water partition coefficient (Wildman–Crippen LogP) is 0.906. The van der Waals surface area contributed by atoms with Crippen molar-refractivity contribution in [3.63, 3.8) is 0 Å². The minimum absolute atomic E-state index is 0.123. The number of carbonyl (C=O) groups excluding carboxylic acids is 1. The smallest absolute Gasteiger partial charge is 0.327 e. The van der Waals surface area contributed by atoms with Crippen LogP contribution < -0.4 is 5.32 Å². The van der Waals surface area contributed by atoms with Crippen molar-refractivity contribution in [3.05, 3.63) is 12.4 Å². The maximum absolute atomic E-state index is 11.2. The van der Waals surface area contributed by atoms with Crippen LogP contribution in [0, 0.1) is 0 Å². The van der Waals surface area contributed by atoms with Crippen LogP contribution in [0.1, 0.15) is 13.8 Å². The molecule has 0 saturated carbocycles. The SMILES string of the molecule is CCOC(=O)Cn1cc(NC(C)=NC)cn1. The van der Waals surface area contributed by atoms with E-state index in [2.05, 4.69) is 15.4 Å². The monoisotopic (exact) mass is 224 g/mol. The highest BCUT2D eigenvalue weighted by atomic mass is 16.5. The van der Waals surface area contributed by atoms with Gasteiger partial charge in [0, 0.05) is 13.2 Å². The van der Waals surface area contributed by atoms with Gasteiger partial charge in [0.05, 0.1) is 24.3 Å².